The second kappa shape index (κ2) is 8.64. The highest BCUT2D eigenvalue weighted by Crippen LogP contribution is 2.32. The molecule has 5 nitrogen and oxygen atoms in total. The number of fused-ring (bicyclic) bond motifs is 1. The standard InChI is InChI=1S/C23H33N3O2/c1-18-6-2-3-7-19(18)16-24-15-11-21-20(17-24)9-10-23(28)26(21)14-5-13-25-12-4-8-22(25)27/h2-3,6-7,20-21H,4-5,8-17H2,1H3/t20-,21+/m1/s1. The highest BCUT2D eigenvalue weighted by Gasteiger charge is 2.39. The highest BCUT2D eigenvalue weighted by molar-refractivity contribution is 5.78. The van der Waals surface area contributed by atoms with E-state index in [1.807, 2.05) is 4.90 Å². The lowest BCUT2D eigenvalue weighted by molar-refractivity contribution is -0.141. The topological polar surface area (TPSA) is 43.9 Å². The zero-order valence-corrected chi connectivity index (χ0v) is 17.1. The summed E-state index contributed by atoms with van der Waals surface area (Å²) in [6.07, 6.45) is 5.38. The van der Waals surface area contributed by atoms with Crippen molar-refractivity contribution in [3.8, 4) is 0 Å². The Morgan fingerprint density at radius 1 is 1.00 bits per heavy atom. The molecular formula is C23H33N3O2. The monoisotopic (exact) mass is 383 g/mol. The van der Waals surface area contributed by atoms with Crippen LogP contribution < -0.4 is 0 Å². The Kier molecular flexibility index (Phi) is 6.00. The summed E-state index contributed by atoms with van der Waals surface area (Å²) in [4.78, 5) is 31.1. The molecule has 0 radical (unpaired) electrons. The first-order valence-electron chi connectivity index (χ1n) is 11.0. The van der Waals surface area contributed by atoms with Gasteiger partial charge < -0.3 is 9.80 Å². The van der Waals surface area contributed by atoms with Crippen molar-refractivity contribution in [2.45, 2.75) is 58.0 Å². The first-order valence-corrected chi connectivity index (χ1v) is 11.0. The molecule has 0 aliphatic carbocycles. The Balaban J connectivity index is 1.32. The molecule has 0 spiro atoms. The summed E-state index contributed by atoms with van der Waals surface area (Å²) in [7, 11) is 0. The minimum Gasteiger partial charge on any atom is -0.343 e. The Hall–Kier alpha value is -1.88. The molecule has 2 amide bonds. The number of hydrogen-bond acceptors (Lipinski definition) is 3. The van der Waals surface area contributed by atoms with Crippen molar-refractivity contribution in [2.75, 3.05) is 32.7 Å². The van der Waals surface area contributed by atoms with Crippen LogP contribution in [0, 0.1) is 12.8 Å². The van der Waals surface area contributed by atoms with Gasteiger partial charge in [0.15, 0.2) is 0 Å². The van der Waals surface area contributed by atoms with Crippen LogP contribution in [0.2, 0.25) is 0 Å². The van der Waals surface area contributed by atoms with E-state index < -0.39 is 0 Å². The van der Waals surface area contributed by atoms with E-state index in [9.17, 15) is 9.59 Å². The quantitative estimate of drug-likeness (QED) is 0.759. The summed E-state index contributed by atoms with van der Waals surface area (Å²) in [5.41, 5.74) is 2.78. The van der Waals surface area contributed by atoms with E-state index in [-0.39, 0.29) is 5.91 Å². The fourth-order valence-electron chi connectivity index (χ4n) is 5.26. The van der Waals surface area contributed by atoms with Crippen LogP contribution in [0.4, 0.5) is 0 Å². The van der Waals surface area contributed by atoms with E-state index in [4.69, 9.17) is 0 Å². The highest BCUT2D eigenvalue weighted by atomic mass is 16.2. The van der Waals surface area contributed by atoms with Gasteiger partial charge in [0.05, 0.1) is 0 Å². The number of hydrogen-bond donors (Lipinski definition) is 0. The van der Waals surface area contributed by atoms with Crippen LogP contribution in [0.25, 0.3) is 0 Å². The normalized spacial score (nSPS) is 26.0. The predicted octanol–water partition coefficient (Wildman–Crippen LogP) is 2.82. The Morgan fingerprint density at radius 3 is 2.64 bits per heavy atom. The second-order valence-corrected chi connectivity index (χ2v) is 8.74. The molecule has 28 heavy (non-hydrogen) atoms. The minimum atomic E-state index is 0.285. The molecule has 0 saturated carbocycles. The van der Waals surface area contributed by atoms with Crippen molar-refractivity contribution in [1.29, 1.82) is 0 Å². The summed E-state index contributed by atoms with van der Waals surface area (Å²) in [5.74, 6) is 1.19. The number of carbonyl (C=O) groups excluding carboxylic acids is 2. The van der Waals surface area contributed by atoms with E-state index in [1.54, 1.807) is 0 Å². The lowest BCUT2D eigenvalue weighted by atomic mass is 9.83. The Bertz CT molecular complexity index is 720. The molecule has 3 saturated heterocycles. The number of amides is 2. The van der Waals surface area contributed by atoms with Crippen molar-refractivity contribution in [2.24, 2.45) is 5.92 Å². The first-order chi connectivity index (χ1) is 13.6. The molecule has 3 aliphatic heterocycles. The van der Waals surface area contributed by atoms with Gasteiger partial charge in [0, 0.05) is 58.2 Å². The first kappa shape index (κ1) is 19.4. The average molecular weight is 384 g/mol. The third-order valence-electron chi connectivity index (χ3n) is 6.88. The molecule has 5 heteroatoms. The van der Waals surface area contributed by atoms with E-state index in [0.29, 0.717) is 30.7 Å². The molecule has 0 aromatic heterocycles. The van der Waals surface area contributed by atoms with Gasteiger partial charge in [0.25, 0.3) is 0 Å². The van der Waals surface area contributed by atoms with Gasteiger partial charge in [-0.25, -0.2) is 0 Å². The van der Waals surface area contributed by atoms with Crippen molar-refractivity contribution in [3.63, 3.8) is 0 Å². The maximum atomic E-state index is 12.6. The van der Waals surface area contributed by atoms with Crippen LogP contribution >= 0.6 is 0 Å². The van der Waals surface area contributed by atoms with Crippen molar-refractivity contribution >= 4 is 11.8 Å². The molecule has 2 atom stereocenters. The van der Waals surface area contributed by atoms with Gasteiger partial charge in [-0.05, 0) is 49.7 Å². The summed E-state index contributed by atoms with van der Waals surface area (Å²) in [6, 6.07) is 9.04. The number of nitrogens with zero attached hydrogens (tertiary/aromatic N) is 3. The largest absolute Gasteiger partial charge is 0.343 e. The number of benzene rings is 1. The number of rotatable bonds is 6. The summed E-state index contributed by atoms with van der Waals surface area (Å²) >= 11 is 0. The molecule has 1 aromatic rings. The number of likely N-dealkylation sites (tertiary alicyclic amines) is 3. The van der Waals surface area contributed by atoms with Crippen LogP contribution in [0.5, 0.6) is 0 Å². The van der Waals surface area contributed by atoms with Crippen molar-refractivity contribution in [1.82, 2.24) is 14.7 Å². The fourth-order valence-corrected chi connectivity index (χ4v) is 5.26. The van der Waals surface area contributed by atoms with Crippen LogP contribution in [0.1, 0.15) is 49.7 Å². The van der Waals surface area contributed by atoms with E-state index in [2.05, 4.69) is 41.0 Å². The minimum absolute atomic E-state index is 0.285. The van der Waals surface area contributed by atoms with Crippen molar-refractivity contribution in [3.05, 3.63) is 35.4 Å². The summed E-state index contributed by atoms with van der Waals surface area (Å²) in [5, 5.41) is 0. The van der Waals surface area contributed by atoms with Crippen LogP contribution in [0.15, 0.2) is 24.3 Å². The van der Waals surface area contributed by atoms with Gasteiger partial charge in [-0.3, -0.25) is 14.5 Å². The van der Waals surface area contributed by atoms with Gasteiger partial charge in [-0.15, -0.1) is 0 Å². The lowest BCUT2D eigenvalue weighted by Crippen LogP contribution is -2.56. The lowest BCUT2D eigenvalue weighted by Gasteiger charge is -2.47. The fraction of sp³-hybridized carbons (Fsp3) is 0.652. The molecule has 3 fully saturated rings. The molecule has 152 valence electrons. The molecule has 0 N–H and O–H groups in total. The summed E-state index contributed by atoms with van der Waals surface area (Å²) < 4.78 is 0. The smallest absolute Gasteiger partial charge is 0.222 e. The summed E-state index contributed by atoms with van der Waals surface area (Å²) in [6.45, 7) is 7.86. The number of aryl methyl sites for hydroxylation is 1. The van der Waals surface area contributed by atoms with Crippen LogP contribution in [0.3, 0.4) is 0 Å². The molecule has 0 bridgehead atoms. The Labute approximate surface area is 168 Å². The number of piperidine rings is 2. The average Bonchev–Trinajstić information content (AvgIpc) is 3.10. The van der Waals surface area contributed by atoms with Gasteiger partial charge in [-0.2, -0.15) is 0 Å². The molecular weight excluding hydrogens is 350 g/mol. The molecule has 0 unspecified atom stereocenters. The third kappa shape index (κ3) is 4.24. The molecule has 3 heterocycles. The zero-order valence-electron chi connectivity index (χ0n) is 17.1. The number of carbonyl (C=O) groups is 2. The van der Waals surface area contributed by atoms with E-state index >= 15 is 0 Å². The second-order valence-electron chi connectivity index (χ2n) is 8.74. The third-order valence-corrected chi connectivity index (χ3v) is 6.88. The predicted molar refractivity (Wildman–Crippen MR) is 110 cm³/mol. The van der Waals surface area contributed by atoms with E-state index in [0.717, 1.165) is 65.0 Å². The molecule has 1 aromatic carbocycles. The van der Waals surface area contributed by atoms with Crippen LogP contribution in [-0.2, 0) is 16.1 Å². The van der Waals surface area contributed by atoms with E-state index in [1.165, 1.54) is 11.1 Å². The van der Waals surface area contributed by atoms with Gasteiger partial charge in [0.2, 0.25) is 11.8 Å². The van der Waals surface area contributed by atoms with Gasteiger partial charge in [0.1, 0.15) is 0 Å². The van der Waals surface area contributed by atoms with Crippen LogP contribution in [-0.4, -0.2) is 65.3 Å². The molecule has 3 aliphatic rings. The Morgan fingerprint density at radius 2 is 1.86 bits per heavy atom. The molecule has 4 rings (SSSR count). The zero-order chi connectivity index (χ0) is 19.5. The van der Waals surface area contributed by atoms with Gasteiger partial charge >= 0.3 is 0 Å². The SMILES string of the molecule is Cc1ccccc1CN1CC[C@H]2[C@H](CCC(=O)N2CCCN2CCCC2=O)C1. The maximum absolute atomic E-state index is 12.6. The van der Waals surface area contributed by atoms with Crippen molar-refractivity contribution < 1.29 is 9.59 Å². The maximum Gasteiger partial charge on any atom is 0.222 e. The van der Waals surface area contributed by atoms with Gasteiger partial charge in [-0.1, -0.05) is 24.3 Å².